The highest BCUT2D eigenvalue weighted by Crippen LogP contribution is 2.23. The van der Waals surface area contributed by atoms with E-state index in [0.29, 0.717) is 11.4 Å². The maximum Gasteiger partial charge on any atom is 0.226 e. The minimum absolute atomic E-state index is 0.0496. The van der Waals surface area contributed by atoms with Crippen molar-refractivity contribution >= 4 is 27.3 Å². The molecule has 112 valence electrons. The van der Waals surface area contributed by atoms with Crippen molar-refractivity contribution in [3.05, 3.63) is 34.9 Å². The Morgan fingerprint density at radius 3 is 2.55 bits per heavy atom. The van der Waals surface area contributed by atoms with Gasteiger partial charge in [0, 0.05) is 23.2 Å². The SMILES string of the molecule is CC(C)(Cc1cccc(Cl)c1)C(=O)NCCS(C)(=O)=O. The molecular formula is C14H20ClNO3S. The minimum Gasteiger partial charge on any atom is -0.355 e. The lowest BCUT2D eigenvalue weighted by molar-refractivity contribution is -0.129. The van der Waals surface area contributed by atoms with Gasteiger partial charge in [0.2, 0.25) is 5.91 Å². The third kappa shape index (κ3) is 5.92. The van der Waals surface area contributed by atoms with E-state index in [2.05, 4.69) is 5.32 Å². The molecule has 1 aromatic carbocycles. The summed E-state index contributed by atoms with van der Waals surface area (Å²) >= 11 is 5.92. The summed E-state index contributed by atoms with van der Waals surface area (Å²) in [5.74, 6) is -0.215. The van der Waals surface area contributed by atoms with Crippen LogP contribution in [0.2, 0.25) is 5.02 Å². The number of sulfone groups is 1. The summed E-state index contributed by atoms with van der Waals surface area (Å²) in [6.07, 6.45) is 1.69. The highest BCUT2D eigenvalue weighted by atomic mass is 35.5. The second-order valence-electron chi connectivity index (χ2n) is 5.58. The number of hydrogen-bond donors (Lipinski definition) is 1. The molecule has 0 fully saturated rings. The van der Waals surface area contributed by atoms with Crippen LogP contribution in [0.15, 0.2) is 24.3 Å². The largest absolute Gasteiger partial charge is 0.355 e. The fourth-order valence-electron chi connectivity index (χ4n) is 1.83. The van der Waals surface area contributed by atoms with E-state index in [1.54, 1.807) is 6.07 Å². The van der Waals surface area contributed by atoms with E-state index >= 15 is 0 Å². The number of carbonyl (C=O) groups excluding carboxylic acids is 1. The van der Waals surface area contributed by atoms with Crippen LogP contribution < -0.4 is 5.32 Å². The molecule has 4 nitrogen and oxygen atoms in total. The second kappa shape index (κ2) is 6.59. The van der Waals surface area contributed by atoms with Gasteiger partial charge in [0.15, 0.2) is 0 Å². The van der Waals surface area contributed by atoms with E-state index in [9.17, 15) is 13.2 Å². The third-order valence-electron chi connectivity index (χ3n) is 2.91. The van der Waals surface area contributed by atoms with Crippen molar-refractivity contribution < 1.29 is 13.2 Å². The molecule has 0 aliphatic rings. The third-order valence-corrected chi connectivity index (χ3v) is 4.09. The molecule has 0 saturated heterocycles. The quantitative estimate of drug-likeness (QED) is 0.873. The van der Waals surface area contributed by atoms with Gasteiger partial charge in [-0.25, -0.2) is 8.42 Å². The van der Waals surface area contributed by atoms with Crippen molar-refractivity contribution in [3.8, 4) is 0 Å². The summed E-state index contributed by atoms with van der Waals surface area (Å²) in [4.78, 5) is 12.1. The first-order valence-corrected chi connectivity index (χ1v) is 8.74. The topological polar surface area (TPSA) is 63.2 Å². The molecule has 0 bridgehead atoms. The first kappa shape index (κ1) is 17.0. The van der Waals surface area contributed by atoms with Gasteiger partial charge >= 0.3 is 0 Å². The van der Waals surface area contributed by atoms with Crippen LogP contribution in [0, 0.1) is 5.41 Å². The van der Waals surface area contributed by atoms with Crippen LogP contribution in [-0.4, -0.2) is 32.9 Å². The van der Waals surface area contributed by atoms with E-state index in [-0.39, 0.29) is 18.2 Å². The van der Waals surface area contributed by atoms with Crippen LogP contribution in [0.4, 0.5) is 0 Å². The summed E-state index contributed by atoms with van der Waals surface area (Å²) < 4.78 is 22.0. The predicted octanol–water partition coefficient (Wildman–Crippen LogP) is 2.07. The van der Waals surface area contributed by atoms with E-state index in [4.69, 9.17) is 11.6 Å². The molecule has 20 heavy (non-hydrogen) atoms. The lowest BCUT2D eigenvalue weighted by Gasteiger charge is -2.23. The van der Waals surface area contributed by atoms with Gasteiger partial charge in [0.1, 0.15) is 9.84 Å². The van der Waals surface area contributed by atoms with Crippen LogP contribution in [0.3, 0.4) is 0 Å². The van der Waals surface area contributed by atoms with E-state index < -0.39 is 15.3 Å². The Balaban J connectivity index is 2.61. The van der Waals surface area contributed by atoms with E-state index in [0.717, 1.165) is 11.8 Å². The Labute approximate surface area is 125 Å². The Morgan fingerprint density at radius 2 is 2.00 bits per heavy atom. The van der Waals surface area contributed by atoms with Crippen LogP contribution in [-0.2, 0) is 21.1 Å². The van der Waals surface area contributed by atoms with Gasteiger partial charge in [-0.1, -0.05) is 37.6 Å². The molecule has 1 amide bonds. The molecule has 0 atom stereocenters. The number of benzene rings is 1. The molecule has 0 unspecified atom stereocenters. The Bertz CT molecular complexity index is 582. The Morgan fingerprint density at radius 1 is 1.35 bits per heavy atom. The maximum absolute atomic E-state index is 12.1. The van der Waals surface area contributed by atoms with Crippen LogP contribution in [0.25, 0.3) is 0 Å². The Hall–Kier alpha value is -1.07. The summed E-state index contributed by atoms with van der Waals surface area (Å²) in [7, 11) is -3.06. The lowest BCUT2D eigenvalue weighted by Crippen LogP contribution is -2.40. The summed E-state index contributed by atoms with van der Waals surface area (Å²) in [6.45, 7) is 3.78. The molecule has 0 aliphatic heterocycles. The average Bonchev–Trinajstić information content (AvgIpc) is 2.26. The van der Waals surface area contributed by atoms with Crippen LogP contribution in [0.5, 0.6) is 0 Å². The van der Waals surface area contributed by atoms with Crippen molar-refractivity contribution in [3.63, 3.8) is 0 Å². The van der Waals surface area contributed by atoms with Crippen molar-refractivity contribution in [2.24, 2.45) is 5.41 Å². The molecule has 0 aliphatic carbocycles. The molecule has 1 rings (SSSR count). The fourth-order valence-corrected chi connectivity index (χ4v) is 2.51. The van der Waals surface area contributed by atoms with Crippen molar-refractivity contribution in [2.45, 2.75) is 20.3 Å². The number of hydrogen-bond acceptors (Lipinski definition) is 3. The van der Waals surface area contributed by atoms with E-state index in [1.165, 1.54) is 0 Å². The molecule has 1 aromatic rings. The number of carbonyl (C=O) groups is 1. The van der Waals surface area contributed by atoms with Gasteiger partial charge in [-0.2, -0.15) is 0 Å². The highest BCUT2D eigenvalue weighted by molar-refractivity contribution is 7.90. The first-order valence-electron chi connectivity index (χ1n) is 6.31. The summed E-state index contributed by atoms with van der Waals surface area (Å²) in [6, 6.07) is 7.37. The molecule has 1 N–H and O–H groups in total. The lowest BCUT2D eigenvalue weighted by atomic mass is 9.85. The smallest absolute Gasteiger partial charge is 0.226 e. The maximum atomic E-state index is 12.1. The first-order chi connectivity index (χ1) is 9.10. The van der Waals surface area contributed by atoms with E-state index in [1.807, 2.05) is 32.0 Å². The molecule has 6 heteroatoms. The minimum atomic E-state index is -3.06. The Kier molecular flexibility index (Phi) is 5.59. The number of rotatable bonds is 6. The monoisotopic (exact) mass is 317 g/mol. The molecule has 0 spiro atoms. The second-order valence-corrected chi connectivity index (χ2v) is 8.27. The molecular weight excluding hydrogens is 298 g/mol. The van der Waals surface area contributed by atoms with Crippen LogP contribution in [0.1, 0.15) is 19.4 Å². The van der Waals surface area contributed by atoms with Crippen molar-refractivity contribution in [2.75, 3.05) is 18.6 Å². The fraction of sp³-hybridized carbons (Fsp3) is 0.500. The molecule has 0 saturated carbocycles. The predicted molar refractivity (Wildman–Crippen MR) is 81.7 cm³/mol. The van der Waals surface area contributed by atoms with Crippen molar-refractivity contribution in [1.29, 1.82) is 0 Å². The number of amides is 1. The standard InChI is InChI=1S/C14H20ClNO3S/c1-14(2,10-11-5-4-6-12(15)9-11)13(17)16-7-8-20(3,18)19/h4-6,9H,7-8,10H2,1-3H3,(H,16,17). The van der Waals surface area contributed by atoms with Gasteiger partial charge in [-0.05, 0) is 24.1 Å². The van der Waals surface area contributed by atoms with Gasteiger partial charge in [-0.15, -0.1) is 0 Å². The normalized spacial score (nSPS) is 12.2. The van der Waals surface area contributed by atoms with Crippen LogP contribution >= 0.6 is 11.6 Å². The van der Waals surface area contributed by atoms with Crippen molar-refractivity contribution in [1.82, 2.24) is 5.32 Å². The zero-order valence-electron chi connectivity index (χ0n) is 11.9. The van der Waals surface area contributed by atoms with Gasteiger partial charge in [0.05, 0.1) is 5.75 Å². The summed E-state index contributed by atoms with van der Waals surface area (Å²) in [5, 5.41) is 3.30. The zero-order valence-corrected chi connectivity index (χ0v) is 13.5. The van der Waals surface area contributed by atoms with Gasteiger partial charge in [-0.3, -0.25) is 4.79 Å². The highest BCUT2D eigenvalue weighted by Gasteiger charge is 2.27. The molecule has 0 aromatic heterocycles. The number of nitrogens with one attached hydrogen (secondary N) is 1. The van der Waals surface area contributed by atoms with Gasteiger partial charge < -0.3 is 5.32 Å². The summed E-state index contributed by atoms with van der Waals surface area (Å²) in [5.41, 5.74) is 0.350. The van der Waals surface area contributed by atoms with Gasteiger partial charge in [0.25, 0.3) is 0 Å². The zero-order chi connectivity index (χ0) is 15.4. The molecule has 0 heterocycles. The number of halogens is 1. The average molecular weight is 318 g/mol. The molecule has 0 radical (unpaired) electrons.